The molecule has 2 aromatic carbocycles. The normalized spacial score (nSPS) is 13.2. The van der Waals surface area contributed by atoms with Gasteiger partial charge in [0.1, 0.15) is 5.75 Å². The second kappa shape index (κ2) is 9.29. The predicted octanol–water partition coefficient (Wildman–Crippen LogP) is 3.24. The van der Waals surface area contributed by atoms with Crippen LogP contribution in [-0.4, -0.2) is 41.8 Å². The van der Waals surface area contributed by atoms with E-state index in [1.54, 1.807) is 17.0 Å². The second-order valence-corrected chi connectivity index (χ2v) is 6.95. The largest absolute Gasteiger partial charge is 0.494 e. The summed E-state index contributed by atoms with van der Waals surface area (Å²) in [6.45, 7) is 3.80. The minimum atomic E-state index is -0.160. The summed E-state index contributed by atoms with van der Waals surface area (Å²) in [6, 6.07) is 14.5. The van der Waals surface area contributed by atoms with Crippen LogP contribution < -0.4 is 20.3 Å². The molecular formula is C22H23N5O4. The van der Waals surface area contributed by atoms with Gasteiger partial charge in [-0.1, -0.05) is 5.16 Å². The van der Waals surface area contributed by atoms with E-state index in [0.29, 0.717) is 43.5 Å². The Morgan fingerprint density at radius 2 is 1.97 bits per heavy atom. The standard InChI is InChI=1S/C22H23N5O4/c1-2-30-18-9-3-15(4-10-18)21-25-20(31-26-21)12-11-19(28)24-16-5-7-17(8-6-16)27-14-13-23-22(27)29/h3-10H,2,11-14H2,1H3,(H,23,29)(H,24,28). The summed E-state index contributed by atoms with van der Waals surface area (Å²) >= 11 is 0. The maximum absolute atomic E-state index is 12.3. The lowest BCUT2D eigenvalue weighted by Gasteiger charge is -2.14. The molecule has 2 N–H and O–H groups in total. The number of rotatable bonds is 8. The number of aromatic nitrogens is 2. The Labute approximate surface area is 179 Å². The summed E-state index contributed by atoms with van der Waals surface area (Å²) in [7, 11) is 0. The summed E-state index contributed by atoms with van der Waals surface area (Å²) in [4.78, 5) is 30.0. The predicted molar refractivity (Wildman–Crippen MR) is 115 cm³/mol. The minimum absolute atomic E-state index is 0.110. The first-order valence-electron chi connectivity index (χ1n) is 10.1. The average molecular weight is 421 g/mol. The topological polar surface area (TPSA) is 110 Å². The average Bonchev–Trinajstić information content (AvgIpc) is 3.43. The SMILES string of the molecule is CCOc1ccc(-c2noc(CCC(=O)Nc3ccc(N4CCNC4=O)cc3)n2)cc1. The number of carbonyl (C=O) groups is 2. The van der Waals surface area contributed by atoms with Crippen molar-refractivity contribution in [2.75, 3.05) is 29.9 Å². The van der Waals surface area contributed by atoms with Gasteiger partial charge < -0.3 is 19.9 Å². The van der Waals surface area contributed by atoms with Crippen LogP contribution in [0.25, 0.3) is 11.4 Å². The molecule has 31 heavy (non-hydrogen) atoms. The fraction of sp³-hybridized carbons (Fsp3) is 0.273. The number of ether oxygens (including phenoxy) is 1. The van der Waals surface area contributed by atoms with Crippen molar-refractivity contribution in [3.8, 4) is 17.1 Å². The molecule has 0 radical (unpaired) electrons. The Balaban J connectivity index is 1.28. The van der Waals surface area contributed by atoms with Crippen molar-refractivity contribution in [2.45, 2.75) is 19.8 Å². The van der Waals surface area contributed by atoms with Crippen LogP contribution in [0.4, 0.5) is 16.2 Å². The molecule has 0 bridgehead atoms. The number of hydrogen-bond acceptors (Lipinski definition) is 6. The highest BCUT2D eigenvalue weighted by molar-refractivity contribution is 5.95. The van der Waals surface area contributed by atoms with Crippen LogP contribution in [0.3, 0.4) is 0 Å². The van der Waals surface area contributed by atoms with E-state index < -0.39 is 0 Å². The third-order valence-electron chi connectivity index (χ3n) is 4.78. The number of nitrogens with zero attached hydrogens (tertiary/aromatic N) is 3. The Hall–Kier alpha value is -3.88. The summed E-state index contributed by atoms with van der Waals surface area (Å²) in [5, 5.41) is 9.58. The van der Waals surface area contributed by atoms with E-state index in [-0.39, 0.29) is 18.4 Å². The van der Waals surface area contributed by atoms with E-state index in [1.165, 1.54) is 0 Å². The highest BCUT2D eigenvalue weighted by atomic mass is 16.5. The number of urea groups is 1. The third kappa shape index (κ3) is 5.00. The van der Waals surface area contributed by atoms with Gasteiger partial charge in [0.05, 0.1) is 6.61 Å². The molecule has 1 aliphatic heterocycles. The Morgan fingerprint density at radius 3 is 2.65 bits per heavy atom. The molecular weight excluding hydrogens is 398 g/mol. The summed E-state index contributed by atoms with van der Waals surface area (Å²) in [6.07, 6.45) is 0.545. The molecule has 1 saturated heterocycles. The lowest BCUT2D eigenvalue weighted by molar-refractivity contribution is -0.116. The molecule has 160 valence electrons. The van der Waals surface area contributed by atoms with Gasteiger partial charge in [-0.15, -0.1) is 0 Å². The number of anilines is 2. The van der Waals surface area contributed by atoms with Crippen molar-refractivity contribution in [1.82, 2.24) is 15.5 Å². The van der Waals surface area contributed by atoms with E-state index in [4.69, 9.17) is 9.26 Å². The lowest BCUT2D eigenvalue weighted by atomic mass is 10.2. The zero-order valence-electron chi connectivity index (χ0n) is 17.1. The lowest BCUT2D eigenvalue weighted by Crippen LogP contribution is -2.27. The van der Waals surface area contributed by atoms with Gasteiger partial charge in [0.15, 0.2) is 0 Å². The monoisotopic (exact) mass is 421 g/mol. The van der Waals surface area contributed by atoms with Gasteiger partial charge in [-0.3, -0.25) is 9.69 Å². The third-order valence-corrected chi connectivity index (χ3v) is 4.78. The fourth-order valence-electron chi connectivity index (χ4n) is 3.23. The van der Waals surface area contributed by atoms with Gasteiger partial charge in [0.25, 0.3) is 0 Å². The Morgan fingerprint density at radius 1 is 1.19 bits per heavy atom. The minimum Gasteiger partial charge on any atom is -0.494 e. The molecule has 1 fully saturated rings. The van der Waals surface area contributed by atoms with E-state index >= 15 is 0 Å². The van der Waals surface area contributed by atoms with E-state index in [2.05, 4.69) is 20.8 Å². The highest BCUT2D eigenvalue weighted by Crippen LogP contribution is 2.21. The molecule has 1 aliphatic rings. The van der Waals surface area contributed by atoms with Crippen LogP contribution in [-0.2, 0) is 11.2 Å². The van der Waals surface area contributed by atoms with Crippen LogP contribution in [0, 0.1) is 0 Å². The van der Waals surface area contributed by atoms with Gasteiger partial charge in [0, 0.05) is 42.9 Å². The van der Waals surface area contributed by atoms with E-state index in [0.717, 1.165) is 17.0 Å². The Kier molecular flexibility index (Phi) is 6.11. The number of carbonyl (C=O) groups excluding carboxylic acids is 2. The molecule has 0 spiro atoms. The first-order valence-corrected chi connectivity index (χ1v) is 10.1. The molecule has 1 aromatic heterocycles. The van der Waals surface area contributed by atoms with Crippen molar-refractivity contribution in [1.29, 1.82) is 0 Å². The van der Waals surface area contributed by atoms with Crippen molar-refractivity contribution in [2.24, 2.45) is 0 Å². The van der Waals surface area contributed by atoms with Gasteiger partial charge in [0.2, 0.25) is 17.6 Å². The second-order valence-electron chi connectivity index (χ2n) is 6.95. The van der Waals surface area contributed by atoms with Gasteiger partial charge >= 0.3 is 6.03 Å². The number of hydrogen-bond donors (Lipinski definition) is 2. The van der Waals surface area contributed by atoms with Crippen molar-refractivity contribution < 1.29 is 18.8 Å². The summed E-state index contributed by atoms with van der Waals surface area (Å²) in [5.74, 6) is 1.49. The quantitative estimate of drug-likeness (QED) is 0.578. The number of nitrogens with one attached hydrogen (secondary N) is 2. The summed E-state index contributed by atoms with van der Waals surface area (Å²) < 4.78 is 10.7. The van der Waals surface area contributed by atoms with Crippen molar-refractivity contribution in [3.63, 3.8) is 0 Å². The van der Waals surface area contributed by atoms with E-state index in [9.17, 15) is 9.59 Å². The molecule has 0 atom stereocenters. The number of amides is 3. The zero-order chi connectivity index (χ0) is 21.6. The molecule has 0 unspecified atom stereocenters. The zero-order valence-corrected chi connectivity index (χ0v) is 17.1. The molecule has 3 aromatic rings. The first-order chi connectivity index (χ1) is 15.1. The van der Waals surface area contributed by atoms with Gasteiger partial charge in [-0.25, -0.2) is 4.79 Å². The maximum atomic E-state index is 12.3. The Bertz CT molecular complexity index is 1050. The highest BCUT2D eigenvalue weighted by Gasteiger charge is 2.20. The smallest absolute Gasteiger partial charge is 0.321 e. The van der Waals surface area contributed by atoms with Crippen molar-refractivity contribution >= 4 is 23.3 Å². The van der Waals surface area contributed by atoms with Crippen molar-refractivity contribution in [3.05, 3.63) is 54.4 Å². The molecule has 0 aliphatic carbocycles. The van der Waals surface area contributed by atoms with Gasteiger partial charge in [-0.05, 0) is 55.5 Å². The van der Waals surface area contributed by atoms with Crippen LogP contribution in [0.1, 0.15) is 19.2 Å². The molecule has 3 amide bonds. The molecule has 4 rings (SSSR count). The summed E-state index contributed by atoms with van der Waals surface area (Å²) in [5.41, 5.74) is 2.27. The number of benzene rings is 2. The van der Waals surface area contributed by atoms with Gasteiger partial charge in [-0.2, -0.15) is 4.98 Å². The molecule has 9 heteroatoms. The van der Waals surface area contributed by atoms with Crippen LogP contribution in [0.2, 0.25) is 0 Å². The van der Waals surface area contributed by atoms with E-state index in [1.807, 2.05) is 43.3 Å². The maximum Gasteiger partial charge on any atom is 0.321 e. The van der Waals surface area contributed by atoms with Crippen LogP contribution in [0.15, 0.2) is 53.1 Å². The van der Waals surface area contributed by atoms with Crippen LogP contribution >= 0.6 is 0 Å². The molecule has 2 heterocycles. The molecule has 0 saturated carbocycles. The van der Waals surface area contributed by atoms with Crippen LogP contribution in [0.5, 0.6) is 5.75 Å². The fourth-order valence-corrected chi connectivity index (χ4v) is 3.23. The molecule has 9 nitrogen and oxygen atoms in total. The first kappa shape index (κ1) is 20.4. The number of aryl methyl sites for hydroxylation is 1.